The molecule has 0 unspecified atom stereocenters. The summed E-state index contributed by atoms with van der Waals surface area (Å²) in [7, 11) is 0. The minimum absolute atomic E-state index is 0.0315. The molecule has 23 heavy (non-hydrogen) atoms. The second kappa shape index (κ2) is 6.80. The summed E-state index contributed by atoms with van der Waals surface area (Å²) in [6, 6.07) is 1.87. The van der Waals surface area contributed by atoms with Gasteiger partial charge in [-0.1, -0.05) is 13.8 Å². The first kappa shape index (κ1) is 16.1. The molecule has 3 rings (SSSR count). The van der Waals surface area contributed by atoms with Gasteiger partial charge in [0.2, 0.25) is 5.91 Å². The molecular weight excluding hydrogens is 310 g/mol. The number of carbonyl (C=O) groups excluding carboxylic acids is 1. The molecule has 1 amide bonds. The van der Waals surface area contributed by atoms with E-state index < -0.39 is 5.54 Å². The third-order valence-corrected chi connectivity index (χ3v) is 5.22. The van der Waals surface area contributed by atoms with Gasteiger partial charge in [-0.3, -0.25) is 9.48 Å². The highest BCUT2D eigenvalue weighted by Crippen LogP contribution is 2.27. The number of aromatic nitrogens is 3. The molecule has 1 aliphatic heterocycles. The molecule has 1 saturated heterocycles. The molecule has 1 fully saturated rings. The lowest BCUT2D eigenvalue weighted by atomic mass is 9.87. The average Bonchev–Trinajstić information content (AvgIpc) is 3.25. The van der Waals surface area contributed by atoms with E-state index in [0.717, 1.165) is 36.6 Å². The maximum Gasteiger partial charge on any atom is 0.248 e. The zero-order chi connectivity index (χ0) is 16.3. The van der Waals surface area contributed by atoms with Crippen LogP contribution in [-0.2, 0) is 16.9 Å². The largest absolute Gasteiger partial charge is 0.347 e. The van der Waals surface area contributed by atoms with Crippen molar-refractivity contribution in [3.63, 3.8) is 0 Å². The molecular formula is C16H23N5OS. The molecule has 0 bridgehead atoms. The van der Waals surface area contributed by atoms with Crippen molar-refractivity contribution >= 4 is 17.2 Å². The third-order valence-electron chi connectivity index (χ3n) is 4.36. The van der Waals surface area contributed by atoms with Gasteiger partial charge >= 0.3 is 0 Å². The van der Waals surface area contributed by atoms with Gasteiger partial charge in [-0.2, -0.15) is 5.10 Å². The highest BCUT2D eigenvalue weighted by Gasteiger charge is 2.41. The maximum absolute atomic E-state index is 12.9. The first-order valence-corrected chi connectivity index (χ1v) is 8.93. The Bertz CT molecular complexity index is 643. The second-order valence-electron chi connectivity index (χ2n) is 6.24. The Morgan fingerprint density at radius 3 is 2.87 bits per heavy atom. The summed E-state index contributed by atoms with van der Waals surface area (Å²) in [4.78, 5) is 17.5. The molecule has 2 N–H and O–H groups in total. The van der Waals surface area contributed by atoms with Crippen LogP contribution in [0.5, 0.6) is 0 Å². The van der Waals surface area contributed by atoms with Crippen LogP contribution in [0.1, 0.15) is 43.3 Å². The number of nitrogens with one attached hydrogen (secondary N) is 2. The smallest absolute Gasteiger partial charge is 0.248 e. The Balaban J connectivity index is 1.71. The fraction of sp³-hybridized carbons (Fsp3) is 0.562. The van der Waals surface area contributed by atoms with Crippen LogP contribution in [-0.4, -0.2) is 33.8 Å². The number of amides is 1. The zero-order valence-corrected chi connectivity index (χ0v) is 14.4. The van der Waals surface area contributed by atoms with Gasteiger partial charge in [-0.05, 0) is 37.9 Å². The molecule has 0 saturated carbocycles. The SMILES string of the molecule is CC(C)c1csc(CNC(=O)C2(n3cccn3)CCNCC2)n1. The standard InChI is InChI=1S/C16H23N5OS/c1-12(2)13-11-23-14(20-13)10-18-15(22)16(4-7-17-8-5-16)21-9-3-6-19-21/h3,6,9,11-12,17H,4-5,7-8,10H2,1-2H3,(H,18,22). The summed E-state index contributed by atoms with van der Waals surface area (Å²) >= 11 is 1.60. The van der Waals surface area contributed by atoms with Crippen molar-refractivity contribution in [3.8, 4) is 0 Å². The Morgan fingerprint density at radius 1 is 1.48 bits per heavy atom. The van der Waals surface area contributed by atoms with Crippen molar-refractivity contribution in [1.29, 1.82) is 0 Å². The first-order chi connectivity index (χ1) is 11.1. The topological polar surface area (TPSA) is 71.8 Å². The Morgan fingerprint density at radius 2 is 2.26 bits per heavy atom. The lowest BCUT2D eigenvalue weighted by molar-refractivity contribution is -0.132. The lowest BCUT2D eigenvalue weighted by Crippen LogP contribution is -2.54. The van der Waals surface area contributed by atoms with Crippen LogP contribution in [0.4, 0.5) is 0 Å². The zero-order valence-electron chi connectivity index (χ0n) is 13.6. The molecule has 0 atom stereocenters. The van der Waals surface area contributed by atoms with Gasteiger partial charge in [0.25, 0.3) is 0 Å². The van der Waals surface area contributed by atoms with Gasteiger partial charge < -0.3 is 10.6 Å². The first-order valence-electron chi connectivity index (χ1n) is 8.05. The van der Waals surface area contributed by atoms with Gasteiger partial charge in [0.1, 0.15) is 10.5 Å². The molecule has 2 aromatic heterocycles. The van der Waals surface area contributed by atoms with Crippen molar-refractivity contribution < 1.29 is 4.79 Å². The summed E-state index contributed by atoms with van der Waals surface area (Å²) in [5.74, 6) is 0.444. The Hall–Kier alpha value is -1.73. The molecule has 0 radical (unpaired) electrons. The average molecular weight is 333 g/mol. The number of thiazole rings is 1. The van der Waals surface area contributed by atoms with Gasteiger partial charge in [0.15, 0.2) is 0 Å². The van der Waals surface area contributed by atoms with Crippen LogP contribution in [0.2, 0.25) is 0 Å². The third kappa shape index (κ3) is 3.30. The number of carbonyl (C=O) groups is 1. The van der Waals surface area contributed by atoms with E-state index in [0.29, 0.717) is 12.5 Å². The normalized spacial score (nSPS) is 17.3. The summed E-state index contributed by atoms with van der Waals surface area (Å²) < 4.78 is 1.81. The van der Waals surface area contributed by atoms with Gasteiger partial charge in [0, 0.05) is 17.8 Å². The minimum Gasteiger partial charge on any atom is -0.347 e. The predicted octanol–water partition coefficient (Wildman–Crippen LogP) is 1.86. The van der Waals surface area contributed by atoms with Crippen LogP contribution in [0.25, 0.3) is 0 Å². The van der Waals surface area contributed by atoms with Gasteiger partial charge in [-0.15, -0.1) is 11.3 Å². The molecule has 2 aromatic rings. The van der Waals surface area contributed by atoms with Crippen LogP contribution in [0, 0.1) is 0 Å². The molecule has 0 spiro atoms. The minimum atomic E-state index is -0.590. The Kier molecular flexibility index (Phi) is 4.77. The number of nitrogens with zero attached hydrogens (tertiary/aromatic N) is 3. The van der Waals surface area contributed by atoms with Crippen LogP contribution < -0.4 is 10.6 Å². The van der Waals surface area contributed by atoms with Crippen molar-refractivity contribution in [2.75, 3.05) is 13.1 Å². The molecule has 124 valence electrons. The van der Waals surface area contributed by atoms with Crippen molar-refractivity contribution in [1.82, 2.24) is 25.4 Å². The lowest BCUT2D eigenvalue weighted by Gasteiger charge is -2.36. The van der Waals surface area contributed by atoms with Crippen molar-refractivity contribution in [2.45, 2.75) is 44.7 Å². The number of hydrogen-bond donors (Lipinski definition) is 2. The fourth-order valence-corrected chi connectivity index (χ4v) is 3.81. The van der Waals surface area contributed by atoms with E-state index in [1.165, 1.54) is 0 Å². The van der Waals surface area contributed by atoms with E-state index in [-0.39, 0.29) is 5.91 Å². The molecule has 1 aliphatic rings. The summed E-state index contributed by atoms with van der Waals surface area (Å²) in [5, 5.41) is 13.7. The second-order valence-corrected chi connectivity index (χ2v) is 7.18. The van der Waals surface area contributed by atoms with Crippen molar-refractivity contribution in [2.24, 2.45) is 0 Å². The number of piperidine rings is 1. The van der Waals surface area contributed by atoms with Crippen LogP contribution >= 0.6 is 11.3 Å². The predicted molar refractivity (Wildman–Crippen MR) is 90.4 cm³/mol. The van der Waals surface area contributed by atoms with E-state index in [1.807, 2.05) is 16.9 Å². The van der Waals surface area contributed by atoms with E-state index >= 15 is 0 Å². The van der Waals surface area contributed by atoms with Crippen LogP contribution in [0.15, 0.2) is 23.8 Å². The summed E-state index contributed by atoms with van der Waals surface area (Å²) in [6.07, 6.45) is 5.10. The maximum atomic E-state index is 12.9. The highest BCUT2D eigenvalue weighted by atomic mass is 32.1. The molecule has 7 heteroatoms. The van der Waals surface area contributed by atoms with Crippen molar-refractivity contribution in [3.05, 3.63) is 34.5 Å². The quantitative estimate of drug-likeness (QED) is 0.876. The Labute approximate surface area is 140 Å². The fourth-order valence-electron chi connectivity index (χ4n) is 2.91. The van der Waals surface area contributed by atoms with E-state index in [4.69, 9.17) is 0 Å². The number of hydrogen-bond acceptors (Lipinski definition) is 5. The highest BCUT2D eigenvalue weighted by molar-refractivity contribution is 7.09. The number of rotatable bonds is 5. The molecule has 0 aromatic carbocycles. The van der Waals surface area contributed by atoms with E-state index in [2.05, 4.69) is 39.9 Å². The monoisotopic (exact) mass is 333 g/mol. The molecule has 3 heterocycles. The summed E-state index contributed by atoms with van der Waals surface area (Å²) in [5.41, 5.74) is 0.496. The summed E-state index contributed by atoms with van der Waals surface area (Å²) in [6.45, 7) is 6.37. The van der Waals surface area contributed by atoms with Gasteiger partial charge in [0.05, 0.1) is 12.2 Å². The molecule has 0 aliphatic carbocycles. The van der Waals surface area contributed by atoms with E-state index in [9.17, 15) is 4.79 Å². The van der Waals surface area contributed by atoms with Crippen LogP contribution in [0.3, 0.4) is 0 Å². The molecule has 6 nitrogen and oxygen atoms in total. The van der Waals surface area contributed by atoms with Gasteiger partial charge in [-0.25, -0.2) is 4.98 Å². The van der Waals surface area contributed by atoms with E-state index in [1.54, 1.807) is 17.5 Å².